The quantitative estimate of drug-likeness (QED) is 0.802. The van der Waals surface area contributed by atoms with Crippen molar-refractivity contribution >= 4 is 23.4 Å². The van der Waals surface area contributed by atoms with Crippen LogP contribution < -0.4 is 5.56 Å². The van der Waals surface area contributed by atoms with Crippen molar-refractivity contribution in [1.29, 1.82) is 0 Å². The molecule has 0 saturated carbocycles. The second-order valence-electron chi connectivity index (χ2n) is 4.52. The molecule has 0 spiro atoms. The van der Waals surface area contributed by atoms with Gasteiger partial charge in [-0.15, -0.1) is 11.6 Å². The van der Waals surface area contributed by atoms with E-state index in [4.69, 9.17) is 11.6 Å². The Morgan fingerprint density at radius 2 is 2.24 bits per heavy atom. The molecule has 0 aliphatic rings. The van der Waals surface area contributed by atoms with Crippen molar-refractivity contribution in [3.05, 3.63) is 65.1 Å². The van der Waals surface area contributed by atoms with Crippen molar-refractivity contribution in [2.45, 2.75) is 12.8 Å². The molecular weight excluding hydrogens is 291 g/mol. The van der Waals surface area contributed by atoms with E-state index >= 15 is 0 Å². The highest BCUT2D eigenvalue weighted by Gasteiger charge is 2.17. The van der Waals surface area contributed by atoms with Crippen molar-refractivity contribution in [1.82, 2.24) is 9.55 Å². The molecule has 0 radical (unpaired) electrons. The van der Waals surface area contributed by atoms with Gasteiger partial charge in [0, 0.05) is 5.70 Å². The largest absolute Gasteiger partial charge is 0.268 e. The number of alkyl halides is 1. The van der Waals surface area contributed by atoms with Crippen molar-refractivity contribution in [3.8, 4) is 11.1 Å². The molecule has 2 aromatic rings. The lowest BCUT2D eigenvalue weighted by molar-refractivity contribution is 0.628. The highest BCUT2D eigenvalue weighted by molar-refractivity contribution is 6.17. The Hall–Kier alpha value is -2.20. The minimum absolute atomic E-state index is 0.0406. The Balaban J connectivity index is 2.88. The second kappa shape index (κ2) is 6.06. The van der Waals surface area contributed by atoms with E-state index in [1.54, 1.807) is 13.0 Å². The summed E-state index contributed by atoms with van der Waals surface area (Å²) in [7, 11) is 0. The molecule has 2 rings (SSSR count). The molecule has 0 aliphatic carbocycles. The lowest BCUT2D eigenvalue weighted by atomic mass is 10.1. The van der Waals surface area contributed by atoms with Gasteiger partial charge in [-0.2, -0.15) is 0 Å². The van der Waals surface area contributed by atoms with Gasteiger partial charge in [0.2, 0.25) is 0 Å². The molecule has 0 N–H and O–H groups in total. The van der Waals surface area contributed by atoms with E-state index in [0.29, 0.717) is 22.8 Å². The number of rotatable bonds is 4. The first-order valence-electron chi connectivity index (χ1n) is 6.25. The third kappa shape index (κ3) is 2.81. The lowest BCUT2D eigenvalue weighted by Crippen LogP contribution is -2.25. The Bertz CT molecular complexity index is 780. The zero-order valence-corrected chi connectivity index (χ0v) is 12.3. The van der Waals surface area contributed by atoms with Gasteiger partial charge in [0.1, 0.15) is 11.6 Å². The standard InChI is InChI=1S/C16H14ClFN2O/c1-4-14-19-13(9-17)15(16(21)20(14)10(2)3)11-6-5-7-12(18)8-11/h4-8H,1-2,9H2,3H3. The van der Waals surface area contributed by atoms with Crippen LogP contribution in [0.2, 0.25) is 0 Å². The van der Waals surface area contributed by atoms with E-state index in [9.17, 15) is 9.18 Å². The van der Waals surface area contributed by atoms with Gasteiger partial charge in [-0.05, 0) is 30.7 Å². The third-order valence-electron chi connectivity index (χ3n) is 2.99. The zero-order valence-electron chi connectivity index (χ0n) is 11.6. The molecule has 1 aromatic carbocycles. The second-order valence-corrected chi connectivity index (χ2v) is 4.78. The van der Waals surface area contributed by atoms with E-state index in [1.165, 1.54) is 28.8 Å². The molecule has 1 heterocycles. The van der Waals surface area contributed by atoms with Crippen molar-refractivity contribution in [2.75, 3.05) is 0 Å². The summed E-state index contributed by atoms with van der Waals surface area (Å²) in [6.07, 6.45) is 1.46. The Morgan fingerprint density at radius 1 is 1.52 bits per heavy atom. The summed E-state index contributed by atoms with van der Waals surface area (Å²) in [5.41, 5.74) is 1.27. The van der Waals surface area contributed by atoms with Gasteiger partial charge < -0.3 is 0 Å². The minimum atomic E-state index is -0.429. The third-order valence-corrected chi connectivity index (χ3v) is 3.24. The van der Waals surface area contributed by atoms with Gasteiger partial charge in [0.25, 0.3) is 5.56 Å². The Kier molecular flexibility index (Phi) is 4.38. The maximum atomic E-state index is 13.4. The predicted octanol–water partition coefficient (Wildman–Crippen LogP) is 3.92. The van der Waals surface area contributed by atoms with Gasteiger partial charge in [-0.1, -0.05) is 25.3 Å². The van der Waals surface area contributed by atoms with Crippen LogP contribution in [0.25, 0.3) is 22.9 Å². The van der Waals surface area contributed by atoms with Gasteiger partial charge in [-0.3, -0.25) is 9.36 Å². The number of allylic oxidation sites excluding steroid dienone is 1. The van der Waals surface area contributed by atoms with Gasteiger partial charge in [0.05, 0.1) is 17.1 Å². The van der Waals surface area contributed by atoms with E-state index in [1.807, 2.05) is 0 Å². The summed E-state index contributed by atoms with van der Waals surface area (Å²) in [6, 6.07) is 5.78. The summed E-state index contributed by atoms with van der Waals surface area (Å²) in [5.74, 6) is -0.0238. The maximum Gasteiger partial charge on any atom is 0.266 e. The summed E-state index contributed by atoms with van der Waals surface area (Å²) in [4.78, 5) is 17.0. The monoisotopic (exact) mass is 304 g/mol. The lowest BCUT2D eigenvalue weighted by Gasteiger charge is -2.14. The molecule has 21 heavy (non-hydrogen) atoms. The normalized spacial score (nSPS) is 10.4. The van der Waals surface area contributed by atoms with Crippen LogP contribution in [0, 0.1) is 5.82 Å². The van der Waals surface area contributed by atoms with Crippen LogP contribution in [0.4, 0.5) is 4.39 Å². The van der Waals surface area contributed by atoms with Crippen LogP contribution in [0.1, 0.15) is 18.4 Å². The smallest absolute Gasteiger partial charge is 0.266 e. The van der Waals surface area contributed by atoms with Crippen LogP contribution >= 0.6 is 11.6 Å². The van der Waals surface area contributed by atoms with Crippen molar-refractivity contribution in [3.63, 3.8) is 0 Å². The number of aromatic nitrogens is 2. The zero-order chi connectivity index (χ0) is 15.6. The highest BCUT2D eigenvalue weighted by atomic mass is 35.5. The molecule has 5 heteroatoms. The average molecular weight is 305 g/mol. The van der Waals surface area contributed by atoms with Crippen LogP contribution in [0.5, 0.6) is 0 Å². The summed E-state index contributed by atoms with van der Waals surface area (Å²) >= 11 is 5.89. The van der Waals surface area contributed by atoms with E-state index < -0.39 is 5.82 Å². The van der Waals surface area contributed by atoms with Crippen LogP contribution in [-0.2, 0) is 5.88 Å². The molecule has 0 aliphatic heterocycles. The molecule has 0 bridgehead atoms. The van der Waals surface area contributed by atoms with Crippen molar-refractivity contribution in [2.24, 2.45) is 0 Å². The number of hydrogen-bond donors (Lipinski definition) is 0. The van der Waals surface area contributed by atoms with Gasteiger partial charge in [0.15, 0.2) is 0 Å². The first kappa shape index (κ1) is 15.2. The van der Waals surface area contributed by atoms with Crippen LogP contribution in [-0.4, -0.2) is 9.55 Å². The predicted molar refractivity (Wildman–Crippen MR) is 84.5 cm³/mol. The molecule has 3 nitrogen and oxygen atoms in total. The fourth-order valence-electron chi connectivity index (χ4n) is 2.12. The SMILES string of the molecule is C=Cc1nc(CCl)c(-c2cccc(F)c2)c(=O)n1C(=C)C. The van der Waals surface area contributed by atoms with Gasteiger partial charge >= 0.3 is 0 Å². The molecule has 0 unspecified atom stereocenters. The highest BCUT2D eigenvalue weighted by Crippen LogP contribution is 2.22. The Labute approximate surface area is 127 Å². The molecule has 108 valence electrons. The number of nitrogens with zero attached hydrogens (tertiary/aromatic N) is 2. The number of hydrogen-bond acceptors (Lipinski definition) is 2. The molecule has 0 amide bonds. The van der Waals surface area contributed by atoms with E-state index in [-0.39, 0.29) is 17.0 Å². The first-order valence-corrected chi connectivity index (χ1v) is 6.79. The van der Waals surface area contributed by atoms with Crippen molar-refractivity contribution < 1.29 is 4.39 Å². The van der Waals surface area contributed by atoms with Crippen LogP contribution in [0.15, 0.2) is 42.2 Å². The fraction of sp³-hybridized carbons (Fsp3) is 0.125. The summed E-state index contributed by atoms with van der Waals surface area (Å²) < 4.78 is 14.8. The molecule has 0 saturated heterocycles. The summed E-state index contributed by atoms with van der Waals surface area (Å²) in [5, 5.41) is 0. The minimum Gasteiger partial charge on any atom is -0.268 e. The molecular formula is C16H14ClFN2O. The summed E-state index contributed by atoms with van der Waals surface area (Å²) in [6.45, 7) is 9.10. The Morgan fingerprint density at radius 3 is 2.76 bits per heavy atom. The topological polar surface area (TPSA) is 34.9 Å². The maximum absolute atomic E-state index is 13.4. The fourth-order valence-corrected chi connectivity index (χ4v) is 2.31. The number of benzene rings is 1. The molecule has 1 aromatic heterocycles. The van der Waals surface area contributed by atoms with Crippen LogP contribution in [0.3, 0.4) is 0 Å². The average Bonchev–Trinajstić information content (AvgIpc) is 2.45. The van der Waals surface area contributed by atoms with Gasteiger partial charge in [-0.25, -0.2) is 9.37 Å². The number of halogens is 2. The molecule has 0 atom stereocenters. The van der Waals surface area contributed by atoms with E-state index in [0.717, 1.165) is 0 Å². The molecule has 0 fully saturated rings. The first-order chi connectivity index (χ1) is 9.99. The van der Waals surface area contributed by atoms with E-state index in [2.05, 4.69) is 18.1 Å².